The molecule has 128 valence electrons. The highest BCUT2D eigenvalue weighted by atomic mass is 16.7. The predicted molar refractivity (Wildman–Crippen MR) is 77.9 cm³/mol. The molecule has 2 heterocycles. The van der Waals surface area contributed by atoms with Crippen LogP contribution < -0.4 is 0 Å². The lowest BCUT2D eigenvalue weighted by Gasteiger charge is -2.44. The van der Waals surface area contributed by atoms with Crippen LogP contribution in [0.15, 0.2) is 23.8 Å². The summed E-state index contributed by atoms with van der Waals surface area (Å²) in [5.41, 5.74) is 0.534. The molecule has 5 atom stereocenters. The van der Waals surface area contributed by atoms with E-state index in [1.165, 1.54) is 19.9 Å². The molecule has 0 saturated carbocycles. The third kappa shape index (κ3) is 2.96. The Hall–Kier alpha value is -1.58. The lowest BCUT2D eigenvalue weighted by molar-refractivity contribution is -0.279. The molecular formula is C15H21NO7. The van der Waals surface area contributed by atoms with Gasteiger partial charge in [-0.2, -0.15) is 0 Å². The maximum absolute atomic E-state index is 12.3. The van der Waals surface area contributed by atoms with Crippen LogP contribution in [0.25, 0.3) is 0 Å². The first-order valence-electron chi connectivity index (χ1n) is 7.25. The Labute approximate surface area is 133 Å². The minimum Gasteiger partial charge on any atom is -0.394 e. The number of amides is 2. The second-order valence-corrected chi connectivity index (χ2v) is 5.55. The molecule has 1 saturated heterocycles. The first-order valence-corrected chi connectivity index (χ1v) is 7.25. The normalized spacial score (nSPS) is 35.2. The van der Waals surface area contributed by atoms with Gasteiger partial charge in [0.15, 0.2) is 6.29 Å². The van der Waals surface area contributed by atoms with Crippen molar-refractivity contribution in [2.75, 3.05) is 13.2 Å². The molecule has 23 heavy (non-hydrogen) atoms. The van der Waals surface area contributed by atoms with E-state index < -0.39 is 49.1 Å². The largest absolute Gasteiger partial charge is 0.394 e. The zero-order chi connectivity index (χ0) is 17.3. The number of aliphatic hydroxyl groups is 3. The maximum atomic E-state index is 12.3. The number of rotatable bonds is 5. The van der Waals surface area contributed by atoms with E-state index in [2.05, 4.69) is 6.58 Å². The fourth-order valence-electron chi connectivity index (χ4n) is 2.69. The third-order valence-electron chi connectivity index (χ3n) is 4.17. The molecule has 0 spiro atoms. The summed E-state index contributed by atoms with van der Waals surface area (Å²) in [6.45, 7) is 6.02. The first-order chi connectivity index (χ1) is 10.8. The average molecular weight is 327 g/mol. The molecule has 2 rings (SSSR count). The lowest BCUT2D eigenvalue weighted by Crippen LogP contribution is -2.66. The van der Waals surface area contributed by atoms with Gasteiger partial charge in [-0.05, 0) is 13.8 Å². The van der Waals surface area contributed by atoms with Gasteiger partial charge >= 0.3 is 0 Å². The Morgan fingerprint density at radius 1 is 1.22 bits per heavy atom. The maximum Gasteiger partial charge on any atom is 0.257 e. The minimum atomic E-state index is -1.51. The molecule has 8 nitrogen and oxygen atoms in total. The van der Waals surface area contributed by atoms with Gasteiger partial charge in [0.2, 0.25) is 0 Å². The number of ether oxygens (including phenoxy) is 2. The van der Waals surface area contributed by atoms with Crippen molar-refractivity contribution < 1.29 is 34.4 Å². The smallest absolute Gasteiger partial charge is 0.257 e. The van der Waals surface area contributed by atoms with Crippen LogP contribution in [0, 0.1) is 0 Å². The van der Waals surface area contributed by atoms with Crippen molar-refractivity contribution in [2.24, 2.45) is 0 Å². The van der Waals surface area contributed by atoms with Gasteiger partial charge in [0.25, 0.3) is 11.8 Å². The van der Waals surface area contributed by atoms with Crippen molar-refractivity contribution in [2.45, 2.75) is 44.5 Å². The van der Waals surface area contributed by atoms with E-state index in [9.17, 15) is 24.9 Å². The quantitative estimate of drug-likeness (QED) is 0.424. The van der Waals surface area contributed by atoms with Gasteiger partial charge in [0.1, 0.15) is 24.4 Å². The summed E-state index contributed by atoms with van der Waals surface area (Å²) in [5.74, 6) is -1.14. The molecule has 3 N–H and O–H groups in total. The molecule has 2 amide bonds. The third-order valence-corrected chi connectivity index (χ3v) is 4.17. The second kappa shape index (κ2) is 6.90. The van der Waals surface area contributed by atoms with Crippen molar-refractivity contribution in [3.05, 3.63) is 23.8 Å². The van der Waals surface area contributed by atoms with E-state index in [4.69, 9.17) is 9.47 Å². The highest BCUT2D eigenvalue weighted by Crippen LogP contribution is 2.31. The topological polar surface area (TPSA) is 117 Å². The molecular weight excluding hydrogens is 306 g/mol. The SMILES string of the molecule is C=CCO[C@@H]1O[C@H](CO)[C@@H](O)[C@H](O)[C@H]1N1C(=O)C(C)=C(C)C1=O. The summed E-state index contributed by atoms with van der Waals surface area (Å²) in [6, 6.07) is -1.22. The average Bonchev–Trinajstić information content (AvgIpc) is 2.73. The highest BCUT2D eigenvalue weighted by Gasteiger charge is 2.52. The summed E-state index contributed by atoms with van der Waals surface area (Å²) in [7, 11) is 0. The number of hydrogen-bond acceptors (Lipinski definition) is 7. The van der Waals surface area contributed by atoms with E-state index >= 15 is 0 Å². The zero-order valence-electron chi connectivity index (χ0n) is 13.0. The zero-order valence-corrected chi connectivity index (χ0v) is 13.0. The minimum absolute atomic E-state index is 0.0454. The molecule has 0 aliphatic carbocycles. The van der Waals surface area contributed by atoms with Crippen LogP contribution in [0.2, 0.25) is 0 Å². The highest BCUT2D eigenvalue weighted by molar-refractivity contribution is 6.19. The fourth-order valence-corrected chi connectivity index (χ4v) is 2.69. The summed E-state index contributed by atoms with van der Waals surface area (Å²) < 4.78 is 10.8. The van der Waals surface area contributed by atoms with E-state index in [1.54, 1.807) is 0 Å². The molecule has 0 bridgehead atoms. The van der Waals surface area contributed by atoms with E-state index in [0.717, 1.165) is 4.90 Å². The van der Waals surface area contributed by atoms with Crippen LogP contribution >= 0.6 is 0 Å². The van der Waals surface area contributed by atoms with Crippen molar-refractivity contribution >= 4 is 11.8 Å². The van der Waals surface area contributed by atoms with Gasteiger partial charge in [0, 0.05) is 11.1 Å². The number of carbonyl (C=O) groups excluding carboxylic acids is 2. The van der Waals surface area contributed by atoms with Gasteiger partial charge in [0.05, 0.1) is 13.2 Å². The fraction of sp³-hybridized carbons (Fsp3) is 0.600. The first kappa shape index (κ1) is 17.8. The van der Waals surface area contributed by atoms with Gasteiger partial charge in [-0.3, -0.25) is 14.5 Å². The van der Waals surface area contributed by atoms with Crippen LogP contribution in [-0.2, 0) is 19.1 Å². The molecule has 1 fully saturated rings. The molecule has 0 unspecified atom stereocenters. The molecule has 0 aromatic heterocycles. The van der Waals surface area contributed by atoms with Crippen LogP contribution in [0.1, 0.15) is 13.8 Å². The van der Waals surface area contributed by atoms with E-state index in [-0.39, 0.29) is 17.8 Å². The Bertz CT molecular complexity index is 520. The summed E-state index contributed by atoms with van der Waals surface area (Å²) in [5, 5.41) is 29.6. The molecule has 0 aromatic carbocycles. The van der Waals surface area contributed by atoms with Gasteiger partial charge in [-0.15, -0.1) is 6.58 Å². The van der Waals surface area contributed by atoms with Crippen LogP contribution in [0.5, 0.6) is 0 Å². The summed E-state index contributed by atoms with van der Waals surface area (Å²) >= 11 is 0. The van der Waals surface area contributed by atoms with Crippen molar-refractivity contribution in [1.82, 2.24) is 4.90 Å². The molecule has 8 heteroatoms. The summed E-state index contributed by atoms with van der Waals surface area (Å²) in [4.78, 5) is 25.5. The summed E-state index contributed by atoms with van der Waals surface area (Å²) in [6.07, 6.45) is -3.80. The van der Waals surface area contributed by atoms with Crippen LogP contribution in [0.3, 0.4) is 0 Å². The number of hydrogen-bond donors (Lipinski definition) is 3. The van der Waals surface area contributed by atoms with Gasteiger partial charge in [-0.1, -0.05) is 6.08 Å². The number of aliphatic hydroxyl groups excluding tert-OH is 3. The Morgan fingerprint density at radius 3 is 2.26 bits per heavy atom. The molecule has 2 aliphatic heterocycles. The number of carbonyl (C=O) groups is 2. The van der Waals surface area contributed by atoms with Crippen LogP contribution in [0.4, 0.5) is 0 Å². The van der Waals surface area contributed by atoms with Gasteiger partial charge in [-0.25, -0.2) is 0 Å². The Kier molecular flexibility index (Phi) is 5.33. The predicted octanol–water partition coefficient (Wildman–Crippen LogP) is -1.30. The van der Waals surface area contributed by atoms with Crippen molar-refractivity contribution in [3.8, 4) is 0 Å². The van der Waals surface area contributed by atoms with Gasteiger partial charge < -0.3 is 24.8 Å². The number of imide groups is 1. The van der Waals surface area contributed by atoms with E-state index in [0.29, 0.717) is 0 Å². The lowest BCUT2D eigenvalue weighted by atomic mass is 9.95. The Balaban J connectivity index is 2.34. The van der Waals surface area contributed by atoms with E-state index in [1.807, 2.05) is 0 Å². The monoisotopic (exact) mass is 327 g/mol. The standard InChI is InChI=1S/C15H21NO7/c1-4-5-22-15-10(12(19)11(18)9(6-17)23-15)16-13(20)7(2)8(3)14(16)21/h4,9-12,15,17-19H,1,5-6H2,2-3H3/t9-,10-,11-,12-,15-/m1/s1. The van der Waals surface area contributed by atoms with Crippen molar-refractivity contribution in [1.29, 1.82) is 0 Å². The van der Waals surface area contributed by atoms with Crippen molar-refractivity contribution in [3.63, 3.8) is 0 Å². The second-order valence-electron chi connectivity index (χ2n) is 5.55. The van der Waals surface area contributed by atoms with Crippen LogP contribution in [-0.4, -0.2) is 75.9 Å². The Morgan fingerprint density at radius 2 is 1.78 bits per heavy atom. The molecule has 2 aliphatic rings. The molecule has 0 radical (unpaired) electrons. The molecule has 0 aromatic rings. The number of nitrogens with zero attached hydrogens (tertiary/aromatic N) is 1.